The van der Waals surface area contributed by atoms with Crippen LogP contribution in [0, 0.1) is 0 Å². The van der Waals surface area contributed by atoms with Crippen LogP contribution < -0.4 is 5.56 Å². The van der Waals surface area contributed by atoms with Gasteiger partial charge in [-0.05, 0) is 34.1 Å². The quantitative estimate of drug-likeness (QED) is 0.778. The molecular weight excluding hydrogens is 362 g/mol. The molecule has 0 amide bonds. The molecule has 92 valence electrons. The van der Waals surface area contributed by atoms with Gasteiger partial charge < -0.3 is 4.57 Å². The van der Waals surface area contributed by atoms with E-state index < -0.39 is 0 Å². The number of benzene rings is 1. The monoisotopic (exact) mass is 369 g/mol. The Balaban J connectivity index is 2.30. The summed E-state index contributed by atoms with van der Waals surface area (Å²) in [4.78, 5) is 23.9. The Morgan fingerprint density at radius 2 is 1.72 bits per heavy atom. The normalized spacial score (nSPS) is 10.3. The predicted octanol–water partition coefficient (Wildman–Crippen LogP) is 3.26. The molecule has 0 aliphatic carbocycles. The van der Waals surface area contributed by atoms with Crippen LogP contribution in [0.4, 0.5) is 0 Å². The third-order valence-corrected chi connectivity index (χ3v) is 3.76. The van der Waals surface area contributed by atoms with Gasteiger partial charge >= 0.3 is 0 Å². The van der Waals surface area contributed by atoms with Crippen molar-refractivity contribution in [3.63, 3.8) is 0 Å². The van der Waals surface area contributed by atoms with Crippen molar-refractivity contribution in [2.24, 2.45) is 0 Å². The summed E-state index contributed by atoms with van der Waals surface area (Å²) < 4.78 is 2.56. The van der Waals surface area contributed by atoms with Gasteiger partial charge in [-0.3, -0.25) is 9.59 Å². The average molecular weight is 371 g/mol. The van der Waals surface area contributed by atoms with E-state index in [9.17, 15) is 9.59 Å². The summed E-state index contributed by atoms with van der Waals surface area (Å²) in [5.74, 6) is -0.109. The van der Waals surface area contributed by atoms with Gasteiger partial charge in [-0.2, -0.15) is 0 Å². The zero-order valence-electron chi connectivity index (χ0n) is 9.27. The molecule has 0 atom stereocenters. The maximum absolute atomic E-state index is 12.1. The van der Waals surface area contributed by atoms with E-state index in [4.69, 9.17) is 0 Å². The Labute approximate surface area is 121 Å². The lowest BCUT2D eigenvalue weighted by Gasteiger charge is -2.06. The summed E-state index contributed by atoms with van der Waals surface area (Å²) in [7, 11) is 0. The largest absolute Gasteiger partial charge is 0.307 e. The molecule has 0 bridgehead atoms. The Hall–Kier alpha value is -1.20. The van der Waals surface area contributed by atoms with Gasteiger partial charge in [-0.1, -0.05) is 34.1 Å². The zero-order chi connectivity index (χ0) is 13.1. The van der Waals surface area contributed by atoms with Gasteiger partial charge in [0.15, 0.2) is 5.78 Å². The molecule has 3 nitrogen and oxygen atoms in total. The van der Waals surface area contributed by atoms with Crippen molar-refractivity contribution in [3.8, 4) is 0 Å². The number of carbonyl (C=O) groups excluding carboxylic acids is 1. The number of ketones is 1. The van der Waals surface area contributed by atoms with Gasteiger partial charge in [0.2, 0.25) is 0 Å². The smallest absolute Gasteiger partial charge is 0.265 e. The van der Waals surface area contributed by atoms with Gasteiger partial charge in [-0.15, -0.1) is 0 Å². The highest BCUT2D eigenvalue weighted by molar-refractivity contribution is 9.10. The van der Waals surface area contributed by atoms with Crippen molar-refractivity contribution >= 4 is 37.6 Å². The molecule has 1 heterocycles. The van der Waals surface area contributed by atoms with Gasteiger partial charge in [0.05, 0.1) is 11.0 Å². The molecule has 0 spiro atoms. The fourth-order valence-electron chi connectivity index (χ4n) is 1.56. The number of carbonyl (C=O) groups is 1. The second-order valence-corrected chi connectivity index (χ2v) is 5.40. The first kappa shape index (κ1) is 13.2. The van der Waals surface area contributed by atoms with Crippen molar-refractivity contribution in [2.45, 2.75) is 6.54 Å². The lowest BCUT2D eigenvalue weighted by molar-refractivity contribution is 0.0970. The van der Waals surface area contributed by atoms with E-state index in [1.807, 2.05) is 6.07 Å². The first-order chi connectivity index (χ1) is 8.59. The topological polar surface area (TPSA) is 39.1 Å². The molecular formula is C13H9Br2NO2. The van der Waals surface area contributed by atoms with E-state index in [1.165, 1.54) is 4.57 Å². The van der Waals surface area contributed by atoms with E-state index in [-0.39, 0.29) is 17.9 Å². The minimum absolute atomic E-state index is 0.0287. The number of hydrogen-bond acceptors (Lipinski definition) is 2. The summed E-state index contributed by atoms with van der Waals surface area (Å²) >= 11 is 6.48. The number of pyridine rings is 1. The highest BCUT2D eigenvalue weighted by Crippen LogP contribution is 2.16. The molecule has 0 unspecified atom stereocenters. The maximum Gasteiger partial charge on any atom is 0.265 e. The Bertz CT molecular complexity index is 649. The van der Waals surface area contributed by atoms with Crippen molar-refractivity contribution < 1.29 is 4.79 Å². The van der Waals surface area contributed by atoms with Gasteiger partial charge in [-0.25, -0.2) is 0 Å². The summed E-state index contributed by atoms with van der Waals surface area (Å²) in [6.07, 6.45) is 1.60. The number of aromatic nitrogens is 1. The van der Waals surface area contributed by atoms with E-state index in [1.54, 1.807) is 36.5 Å². The van der Waals surface area contributed by atoms with Crippen LogP contribution in [0.2, 0.25) is 0 Å². The molecule has 0 N–H and O–H groups in total. The molecule has 0 aliphatic rings. The molecule has 1 aromatic heterocycles. The Kier molecular flexibility index (Phi) is 4.14. The second-order valence-electron chi connectivity index (χ2n) is 3.69. The minimum Gasteiger partial charge on any atom is -0.307 e. The standard InChI is InChI=1S/C13H9Br2NO2/c14-10-5-2-1-4-9(10)12(17)8-16-7-3-6-11(15)13(16)18/h1-7H,8H2. The number of halogens is 2. The van der Waals surface area contributed by atoms with Crippen LogP contribution >= 0.6 is 31.9 Å². The van der Waals surface area contributed by atoms with Gasteiger partial charge in [0.1, 0.15) is 0 Å². The molecule has 0 saturated heterocycles. The van der Waals surface area contributed by atoms with E-state index in [2.05, 4.69) is 31.9 Å². The number of rotatable bonds is 3. The fraction of sp³-hybridized carbons (Fsp3) is 0.0769. The molecule has 2 aromatic rings. The van der Waals surface area contributed by atoms with E-state index in [0.717, 1.165) is 4.47 Å². The molecule has 1 aromatic carbocycles. The molecule has 0 radical (unpaired) electrons. The molecule has 18 heavy (non-hydrogen) atoms. The lowest BCUT2D eigenvalue weighted by Crippen LogP contribution is -2.24. The van der Waals surface area contributed by atoms with Crippen LogP contribution in [0.25, 0.3) is 0 Å². The molecule has 0 saturated carbocycles. The Morgan fingerprint density at radius 3 is 2.44 bits per heavy atom. The van der Waals surface area contributed by atoms with Gasteiger partial charge in [0, 0.05) is 16.2 Å². The summed E-state index contributed by atoms with van der Waals surface area (Å²) in [5, 5.41) is 0. The number of hydrogen-bond donors (Lipinski definition) is 0. The highest BCUT2D eigenvalue weighted by atomic mass is 79.9. The van der Waals surface area contributed by atoms with Crippen LogP contribution in [-0.2, 0) is 6.54 Å². The molecule has 0 aliphatic heterocycles. The summed E-state index contributed by atoms with van der Waals surface area (Å²) in [6.45, 7) is 0.0287. The number of Topliss-reactive ketones (excluding diaryl/α,β-unsaturated/α-hetero) is 1. The van der Waals surface area contributed by atoms with Crippen molar-refractivity contribution in [1.82, 2.24) is 4.57 Å². The molecule has 0 fully saturated rings. The Morgan fingerprint density at radius 1 is 1.06 bits per heavy atom. The van der Waals surface area contributed by atoms with Crippen molar-refractivity contribution in [2.75, 3.05) is 0 Å². The van der Waals surface area contributed by atoms with Crippen molar-refractivity contribution in [1.29, 1.82) is 0 Å². The second kappa shape index (κ2) is 5.63. The SMILES string of the molecule is O=C(Cn1cccc(Br)c1=O)c1ccccc1Br. The predicted molar refractivity (Wildman–Crippen MR) is 76.9 cm³/mol. The first-order valence-electron chi connectivity index (χ1n) is 5.22. The molecule has 5 heteroatoms. The molecule has 2 rings (SSSR count). The third-order valence-electron chi connectivity index (χ3n) is 2.46. The fourth-order valence-corrected chi connectivity index (χ4v) is 2.45. The zero-order valence-corrected chi connectivity index (χ0v) is 12.4. The van der Waals surface area contributed by atoms with E-state index in [0.29, 0.717) is 10.0 Å². The van der Waals surface area contributed by atoms with Gasteiger partial charge in [0.25, 0.3) is 5.56 Å². The summed E-state index contributed by atoms with van der Waals surface area (Å²) in [5.41, 5.74) is 0.363. The highest BCUT2D eigenvalue weighted by Gasteiger charge is 2.11. The van der Waals surface area contributed by atoms with Crippen LogP contribution in [0.15, 0.2) is 56.3 Å². The third kappa shape index (κ3) is 2.79. The summed E-state index contributed by atoms with van der Waals surface area (Å²) in [6, 6.07) is 10.5. The maximum atomic E-state index is 12.1. The van der Waals surface area contributed by atoms with Crippen LogP contribution in [0.5, 0.6) is 0 Å². The van der Waals surface area contributed by atoms with Crippen LogP contribution in [-0.4, -0.2) is 10.4 Å². The van der Waals surface area contributed by atoms with Crippen molar-refractivity contribution in [3.05, 3.63) is 67.5 Å². The number of nitrogens with zero attached hydrogens (tertiary/aromatic N) is 1. The lowest BCUT2D eigenvalue weighted by atomic mass is 10.1. The first-order valence-corrected chi connectivity index (χ1v) is 6.81. The minimum atomic E-state index is -0.210. The average Bonchev–Trinajstić information content (AvgIpc) is 2.35. The van der Waals surface area contributed by atoms with Crippen LogP contribution in [0.1, 0.15) is 10.4 Å². The van der Waals surface area contributed by atoms with E-state index >= 15 is 0 Å². The van der Waals surface area contributed by atoms with Crippen LogP contribution in [0.3, 0.4) is 0 Å².